The first-order chi connectivity index (χ1) is 18.0. The molecule has 3 fully saturated rings. The van der Waals surface area contributed by atoms with Crippen LogP contribution in [0.2, 0.25) is 0 Å². The summed E-state index contributed by atoms with van der Waals surface area (Å²) in [4.78, 5) is 13.8. The first-order valence-corrected chi connectivity index (χ1v) is 14.3. The largest absolute Gasteiger partial charge is 0.462 e. The Morgan fingerprint density at radius 1 is 1.11 bits per heavy atom. The molecule has 1 aliphatic carbocycles. The third-order valence-corrected chi connectivity index (χ3v) is 9.30. The predicted octanol–water partition coefficient (Wildman–Crippen LogP) is 4.53. The van der Waals surface area contributed by atoms with Crippen LogP contribution >= 0.6 is 0 Å². The topological polar surface area (TPSA) is 94.5 Å². The van der Waals surface area contributed by atoms with Gasteiger partial charge in [0.1, 0.15) is 29.8 Å². The van der Waals surface area contributed by atoms with E-state index in [-0.39, 0.29) is 18.8 Å². The summed E-state index contributed by atoms with van der Waals surface area (Å²) in [5.74, 6) is -1.53. The molecule has 0 radical (unpaired) electrons. The van der Waals surface area contributed by atoms with E-state index in [9.17, 15) is 15.0 Å². The Balaban J connectivity index is 1.51. The molecule has 2 N–H and O–H groups in total. The number of aliphatic hydroxyl groups is 2. The summed E-state index contributed by atoms with van der Waals surface area (Å²) in [5.41, 5.74) is 0.783. The molecule has 0 aromatic heterocycles. The van der Waals surface area contributed by atoms with Crippen molar-refractivity contribution in [2.24, 2.45) is 17.8 Å². The molecule has 1 spiro atoms. The minimum absolute atomic E-state index is 0.0526. The van der Waals surface area contributed by atoms with E-state index in [4.69, 9.17) is 18.9 Å². The van der Waals surface area contributed by atoms with Crippen LogP contribution < -0.4 is 0 Å². The summed E-state index contributed by atoms with van der Waals surface area (Å²) in [5, 5.41) is 22.8. The number of allylic oxidation sites excluding steroid dienone is 4. The molecule has 210 valence electrons. The maximum absolute atomic E-state index is 13.8. The molecule has 5 rings (SSSR count). The minimum atomic E-state index is -1.68. The summed E-state index contributed by atoms with van der Waals surface area (Å²) in [6, 6.07) is 0. The van der Waals surface area contributed by atoms with Gasteiger partial charge in [0.25, 0.3) is 0 Å². The molecular formula is C31H44O7. The van der Waals surface area contributed by atoms with Gasteiger partial charge in [0, 0.05) is 19.3 Å². The molecule has 3 saturated heterocycles. The van der Waals surface area contributed by atoms with Crippen LogP contribution in [-0.4, -0.2) is 64.7 Å². The summed E-state index contributed by atoms with van der Waals surface area (Å²) >= 11 is 0. The first-order valence-electron chi connectivity index (χ1n) is 14.3. The highest BCUT2D eigenvalue weighted by atomic mass is 16.7. The number of esters is 1. The number of ether oxygens (including phenoxy) is 4. The summed E-state index contributed by atoms with van der Waals surface area (Å²) in [6.45, 7) is 10.5. The van der Waals surface area contributed by atoms with Crippen molar-refractivity contribution in [2.45, 2.75) is 115 Å². The van der Waals surface area contributed by atoms with E-state index in [0.29, 0.717) is 35.8 Å². The molecule has 7 nitrogen and oxygen atoms in total. The van der Waals surface area contributed by atoms with E-state index in [2.05, 4.69) is 39.8 Å². The molecule has 4 aliphatic heterocycles. The summed E-state index contributed by atoms with van der Waals surface area (Å²) < 4.78 is 25.2. The van der Waals surface area contributed by atoms with E-state index >= 15 is 0 Å². The predicted molar refractivity (Wildman–Crippen MR) is 143 cm³/mol. The maximum Gasteiger partial charge on any atom is 0.316 e. The van der Waals surface area contributed by atoms with Gasteiger partial charge in [-0.3, -0.25) is 4.79 Å². The standard InChI is InChI=1S/C31H44O7/c1-18-7-6-8-23-17-35-28-27(32)21(4)14-26(31(23,28)34)29(33)36-25-15-24(10-9-19(2)13-18)38-30(16-25)12-11-20(3)22(5)37-30/h6-9,14,18,20,22,24-28,32,34H,10-13,15-17H2,1-5H3/b7-6+,19-9-,23-8-/t18-,20-,22+,24-,25+,26+,27+,28+,30-,31+/m0/s1. The zero-order valence-corrected chi connectivity index (χ0v) is 23.4. The Hall–Kier alpha value is -1.77. The number of aliphatic hydroxyl groups excluding tert-OH is 1. The van der Waals surface area contributed by atoms with Crippen LogP contribution in [0.15, 0.2) is 47.1 Å². The van der Waals surface area contributed by atoms with Crippen LogP contribution in [0, 0.1) is 17.8 Å². The lowest BCUT2D eigenvalue weighted by Crippen LogP contribution is -2.58. The van der Waals surface area contributed by atoms with Gasteiger partial charge < -0.3 is 29.2 Å². The van der Waals surface area contributed by atoms with Crippen molar-refractivity contribution < 1.29 is 34.0 Å². The van der Waals surface area contributed by atoms with Gasteiger partial charge in [0.05, 0.1) is 18.8 Å². The Kier molecular flexibility index (Phi) is 7.79. The van der Waals surface area contributed by atoms with Crippen molar-refractivity contribution >= 4 is 5.97 Å². The average molecular weight is 529 g/mol. The van der Waals surface area contributed by atoms with E-state index in [1.807, 2.05) is 12.2 Å². The minimum Gasteiger partial charge on any atom is -0.462 e. The Labute approximate surface area is 226 Å². The number of rotatable bonds is 0. The molecule has 7 heteroatoms. The average Bonchev–Trinajstić information content (AvgIpc) is 3.19. The van der Waals surface area contributed by atoms with Crippen LogP contribution in [0.25, 0.3) is 0 Å². The lowest BCUT2D eigenvalue weighted by molar-refractivity contribution is -0.332. The van der Waals surface area contributed by atoms with Crippen molar-refractivity contribution in [3.63, 3.8) is 0 Å². The van der Waals surface area contributed by atoms with Crippen molar-refractivity contribution in [3.8, 4) is 0 Å². The second-order valence-corrected chi connectivity index (χ2v) is 12.4. The molecule has 0 aromatic rings. The van der Waals surface area contributed by atoms with Crippen molar-refractivity contribution in [1.82, 2.24) is 0 Å². The van der Waals surface area contributed by atoms with E-state index < -0.39 is 41.6 Å². The molecule has 2 bridgehead atoms. The van der Waals surface area contributed by atoms with Gasteiger partial charge in [0.15, 0.2) is 5.79 Å². The second-order valence-electron chi connectivity index (χ2n) is 12.4. The number of carbonyl (C=O) groups excluding carboxylic acids is 1. The molecule has 10 atom stereocenters. The zero-order valence-electron chi connectivity index (χ0n) is 23.4. The zero-order chi connectivity index (χ0) is 27.2. The fourth-order valence-electron chi connectivity index (χ4n) is 6.85. The lowest BCUT2D eigenvalue weighted by Gasteiger charge is -2.49. The Morgan fingerprint density at radius 3 is 2.66 bits per heavy atom. The Bertz CT molecular complexity index is 1040. The van der Waals surface area contributed by atoms with Gasteiger partial charge in [0.2, 0.25) is 0 Å². The first kappa shape index (κ1) is 27.8. The van der Waals surface area contributed by atoms with Gasteiger partial charge >= 0.3 is 5.97 Å². The van der Waals surface area contributed by atoms with Gasteiger partial charge in [-0.2, -0.15) is 0 Å². The molecule has 38 heavy (non-hydrogen) atoms. The van der Waals surface area contributed by atoms with E-state index in [1.54, 1.807) is 13.0 Å². The Morgan fingerprint density at radius 2 is 1.89 bits per heavy atom. The smallest absolute Gasteiger partial charge is 0.316 e. The lowest BCUT2D eigenvalue weighted by atomic mass is 9.71. The molecule has 0 saturated carbocycles. The highest BCUT2D eigenvalue weighted by molar-refractivity contribution is 5.78. The fraction of sp³-hybridized carbons (Fsp3) is 0.710. The van der Waals surface area contributed by atoms with E-state index in [0.717, 1.165) is 25.7 Å². The number of hydrogen-bond donors (Lipinski definition) is 2. The highest BCUT2D eigenvalue weighted by Crippen LogP contribution is 2.47. The van der Waals surface area contributed by atoms with Gasteiger partial charge in [-0.25, -0.2) is 0 Å². The third-order valence-electron chi connectivity index (χ3n) is 9.30. The number of fused-ring (bicyclic) bond motifs is 2. The quantitative estimate of drug-likeness (QED) is 0.352. The van der Waals surface area contributed by atoms with Crippen LogP contribution in [0.1, 0.15) is 73.1 Å². The van der Waals surface area contributed by atoms with Crippen molar-refractivity contribution in [1.29, 1.82) is 0 Å². The van der Waals surface area contributed by atoms with Crippen LogP contribution in [0.5, 0.6) is 0 Å². The molecule has 0 aromatic carbocycles. The normalized spacial score (nSPS) is 49.7. The van der Waals surface area contributed by atoms with Crippen molar-refractivity contribution in [2.75, 3.05) is 6.61 Å². The molecule has 4 heterocycles. The van der Waals surface area contributed by atoms with E-state index in [1.165, 1.54) is 5.57 Å². The van der Waals surface area contributed by atoms with Crippen LogP contribution in [-0.2, 0) is 23.7 Å². The van der Waals surface area contributed by atoms with Crippen LogP contribution in [0.3, 0.4) is 0 Å². The highest BCUT2D eigenvalue weighted by Gasteiger charge is 2.60. The molecule has 0 amide bonds. The molecule has 0 unspecified atom stereocenters. The fourth-order valence-corrected chi connectivity index (χ4v) is 6.85. The second kappa shape index (κ2) is 10.7. The van der Waals surface area contributed by atoms with Crippen molar-refractivity contribution in [3.05, 3.63) is 47.1 Å². The third kappa shape index (κ3) is 5.20. The monoisotopic (exact) mass is 528 g/mol. The summed E-state index contributed by atoms with van der Waals surface area (Å²) in [7, 11) is 0. The van der Waals surface area contributed by atoms with Gasteiger partial charge in [-0.15, -0.1) is 0 Å². The maximum atomic E-state index is 13.8. The molecular weight excluding hydrogens is 484 g/mol. The SMILES string of the molecule is CC1=C[C@@H]2C(=O)O[C@@H]3C[C@H](C/C=C(/C)C[C@@H](C)/C=C/C=C4/CO[C@H]([C@@H]1O)[C@@]42O)O[C@@]1(CC[C@H](C)[C@@H](C)O1)C3. The van der Waals surface area contributed by atoms with Gasteiger partial charge in [-0.1, -0.05) is 49.8 Å². The van der Waals surface area contributed by atoms with Crippen LogP contribution in [0.4, 0.5) is 0 Å². The molecule has 5 aliphatic rings. The number of carbonyl (C=O) groups is 1. The van der Waals surface area contributed by atoms with Gasteiger partial charge in [-0.05, 0) is 63.0 Å². The summed E-state index contributed by atoms with van der Waals surface area (Å²) in [6.07, 6.45) is 11.8. The number of hydrogen-bond acceptors (Lipinski definition) is 7.